The van der Waals surface area contributed by atoms with Crippen molar-refractivity contribution in [3.8, 4) is 0 Å². The van der Waals surface area contributed by atoms with E-state index >= 15 is 0 Å². The zero-order valence-corrected chi connectivity index (χ0v) is 14.2. The van der Waals surface area contributed by atoms with Crippen LogP contribution in [0.2, 0.25) is 0 Å². The van der Waals surface area contributed by atoms with Gasteiger partial charge in [-0.05, 0) is 32.4 Å². The average molecular weight is 333 g/mol. The molecule has 132 valence electrons. The lowest BCUT2D eigenvalue weighted by molar-refractivity contribution is 0.280. The number of aliphatic hydroxyl groups excluding tert-OH is 1. The van der Waals surface area contributed by atoms with E-state index in [2.05, 4.69) is 22.3 Å². The molecule has 0 radical (unpaired) electrons. The molecular formula is C17H27N5O2. The SMILES string of the molecule is CNC1CCCCC1.Nc1ncc2ccc(=O)n(CCCO)c2n1. The predicted molar refractivity (Wildman–Crippen MR) is 95.8 cm³/mol. The van der Waals surface area contributed by atoms with Gasteiger partial charge in [-0.25, -0.2) is 4.98 Å². The highest BCUT2D eigenvalue weighted by Crippen LogP contribution is 2.16. The van der Waals surface area contributed by atoms with Crippen LogP contribution in [-0.2, 0) is 6.54 Å². The van der Waals surface area contributed by atoms with Crippen LogP contribution in [0.15, 0.2) is 23.1 Å². The monoisotopic (exact) mass is 333 g/mol. The van der Waals surface area contributed by atoms with Crippen molar-refractivity contribution < 1.29 is 5.11 Å². The van der Waals surface area contributed by atoms with Gasteiger partial charge >= 0.3 is 0 Å². The molecule has 0 atom stereocenters. The second-order valence-corrected chi connectivity index (χ2v) is 6.03. The molecule has 24 heavy (non-hydrogen) atoms. The standard InChI is InChI=1S/C10H12N4O2.C7H15N/c11-10-12-6-7-2-3-8(16)14(4-1-5-15)9(7)13-10;1-8-7-5-3-2-4-6-7/h2-3,6,15H,1,4-5H2,(H2,11,12,13);7-8H,2-6H2,1H3. The molecule has 0 aliphatic heterocycles. The fraction of sp³-hybridized carbons (Fsp3) is 0.588. The molecule has 4 N–H and O–H groups in total. The van der Waals surface area contributed by atoms with Crippen LogP contribution in [0.3, 0.4) is 0 Å². The first-order valence-electron chi connectivity index (χ1n) is 8.56. The van der Waals surface area contributed by atoms with Crippen molar-refractivity contribution in [1.29, 1.82) is 0 Å². The van der Waals surface area contributed by atoms with Gasteiger partial charge in [0.05, 0.1) is 0 Å². The number of hydrogen-bond acceptors (Lipinski definition) is 6. The molecule has 2 aromatic heterocycles. The van der Waals surface area contributed by atoms with Crippen LogP contribution in [0, 0.1) is 0 Å². The Labute approximate surface area is 141 Å². The third-order valence-corrected chi connectivity index (χ3v) is 4.29. The Morgan fingerprint density at radius 2 is 2.08 bits per heavy atom. The van der Waals surface area contributed by atoms with Gasteiger partial charge in [-0.15, -0.1) is 0 Å². The largest absolute Gasteiger partial charge is 0.396 e. The Balaban J connectivity index is 0.000000219. The molecule has 3 rings (SSSR count). The van der Waals surface area contributed by atoms with Gasteiger partial charge in [-0.3, -0.25) is 9.36 Å². The lowest BCUT2D eigenvalue weighted by atomic mass is 9.96. The van der Waals surface area contributed by atoms with Gasteiger partial charge in [-0.1, -0.05) is 19.3 Å². The fourth-order valence-electron chi connectivity index (χ4n) is 2.92. The van der Waals surface area contributed by atoms with Gasteiger partial charge in [0.2, 0.25) is 5.95 Å². The summed E-state index contributed by atoms with van der Waals surface area (Å²) in [6, 6.07) is 3.95. The molecule has 0 amide bonds. The third kappa shape index (κ3) is 5.01. The molecule has 0 bridgehead atoms. The number of nitrogens with two attached hydrogens (primary N) is 1. The average Bonchev–Trinajstić information content (AvgIpc) is 2.62. The highest BCUT2D eigenvalue weighted by atomic mass is 16.3. The second kappa shape index (κ2) is 9.34. The summed E-state index contributed by atoms with van der Waals surface area (Å²) in [6.45, 7) is 0.451. The summed E-state index contributed by atoms with van der Waals surface area (Å²) in [5.41, 5.74) is 5.84. The summed E-state index contributed by atoms with van der Waals surface area (Å²) in [5.74, 6) is 0.135. The minimum Gasteiger partial charge on any atom is -0.396 e. The molecule has 0 unspecified atom stereocenters. The molecule has 2 aromatic rings. The zero-order chi connectivity index (χ0) is 17.4. The maximum atomic E-state index is 11.6. The zero-order valence-electron chi connectivity index (χ0n) is 14.2. The van der Waals surface area contributed by atoms with Crippen molar-refractivity contribution in [2.75, 3.05) is 19.4 Å². The van der Waals surface area contributed by atoms with E-state index in [0.29, 0.717) is 18.6 Å². The van der Waals surface area contributed by atoms with E-state index in [1.165, 1.54) is 42.7 Å². The van der Waals surface area contributed by atoms with Crippen molar-refractivity contribution in [1.82, 2.24) is 19.9 Å². The van der Waals surface area contributed by atoms with E-state index in [-0.39, 0.29) is 18.1 Å². The molecule has 1 fully saturated rings. The highest BCUT2D eigenvalue weighted by Gasteiger charge is 2.09. The van der Waals surface area contributed by atoms with Crippen LogP contribution in [0.25, 0.3) is 11.0 Å². The van der Waals surface area contributed by atoms with E-state index in [4.69, 9.17) is 10.8 Å². The van der Waals surface area contributed by atoms with Crippen LogP contribution in [0.5, 0.6) is 0 Å². The molecule has 0 spiro atoms. The predicted octanol–water partition coefficient (Wildman–Crippen LogP) is 1.29. The van der Waals surface area contributed by atoms with Crippen molar-refractivity contribution in [3.63, 3.8) is 0 Å². The number of anilines is 1. The van der Waals surface area contributed by atoms with E-state index in [9.17, 15) is 4.79 Å². The van der Waals surface area contributed by atoms with Crippen molar-refractivity contribution >= 4 is 17.0 Å². The Kier molecular flexibility index (Phi) is 7.14. The van der Waals surface area contributed by atoms with Crippen molar-refractivity contribution in [2.24, 2.45) is 0 Å². The number of nitrogens with one attached hydrogen (secondary N) is 1. The van der Waals surface area contributed by atoms with Gasteiger partial charge in [0.15, 0.2) is 0 Å². The maximum Gasteiger partial charge on any atom is 0.252 e. The first-order chi connectivity index (χ1) is 11.7. The second-order valence-electron chi connectivity index (χ2n) is 6.03. The maximum absolute atomic E-state index is 11.6. The highest BCUT2D eigenvalue weighted by molar-refractivity contribution is 5.74. The van der Waals surface area contributed by atoms with E-state index in [1.807, 2.05) is 0 Å². The minimum atomic E-state index is -0.154. The number of pyridine rings is 1. The van der Waals surface area contributed by atoms with Crippen LogP contribution >= 0.6 is 0 Å². The summed E-state index contributed by atoms with van der Waals surface area (Å²) in [6.07, 6.45) is 9.21. The normalized spacial score (nSPS) is 15.1. The number of fused-ring (bicyclic) bond motifs is 1. The molecule has 1 aliphatic carbocycles. The van der Waals surface area contributed by atoms with E-state index in [1.54, 1.807) is 12.3 Å². The fourth-order valence-corrected chi connectivity index (χ4v) is 2.92. The van der Waals surface area contributed by atoms with Crippen LogP contribution in [0.1, 0.15) is 38.5 Å². The Morgan fingerprint density at radius 1 is 1.33 bits per heavy atom. The lowest BCUT2D eigenvalue weighted by Crippen LogP contribution is -2.26. The summed E-state index contributed by atoms with van der Waals surface area (Å²) < 4.78 is 1.49. The summed E-state index contributed by atoms with van der Waals surface area (Å²) in [4.78, 5) is 19.5. The number of nitrogens with zero attached hydrogens (tertiary/aromatic N) is 3. The van der Waals surface area contributed by atoms with Gasteiger partial charge in [0.25, 0.3) is 5.56 Å². The van der Waals surface area contributed by atoms with Crippen molar-refractivity contribution in [2.45, 2.75) is 51.1 Å². The smallest absolute Gasteiger partial charge is 0.252 e. The van der Waals surface area contributed by atoms with Gasteiger partial charge in [-0.2, -0.15) is 4.98 Å². The molecular weight excluding hydrogens is 306 g/mol. The van der Waals surface area contributed by atoms with Gasteiger partial charge < -0.3 is 16.2 Å². The van der Waals surface area contributed by atoms with Crippen LogP contribution in [-0.4, -0.2) is 39.3 Å². The van der Waals surface area contributed by atoms with E-state index in [0.717, 1.165) is 11.4 Å². The van der Waals surface area contributed by atoms with Crippen LogP contribution < -0.4 is 16.6 Å². The summed E-state index contributed by atoms with van der Waals surface area (Å²) in [7, 11) is 2.07. The number of aryl methyl sites for hydroxylation is 1. The number of rotatable bonds is 4. The number of aliphatic hydroxyl groups is 1. The quantitative estimate of drug-likeness (QED) is 0.778. The first-order valence-corrected chi connectivity index (χ1v) is 8.56. The number of nitrogen functional groups attached to an aromatic ring is 1. The molecule has 1 saturated carbocycles. The minimum absolute atomic E-state index is 0.0311. The first kappa shape index (κ1) is 18.4. The molecule has 7 nitrogen and oxygen atoms in total. The summed E-state index contributed by atoms with van der Waals surface area (Å²) >= 11 is 0. The lowest BCUT2D eigenvalue weighted by Gasteiger charge is -2.20. The topological polar surface area (TPSA) is 106 Å². The molecule has 0 aromatic carbocycles. The Hall–Kier alpha value is -1.99. The number of aromatic nitrogens is 3. The van der Waals surface area contributed by atoms with Crippen molar-refractivity contribution in [3.05, 3.63) is 28.7 Å². The van der Waals surface area contributed by atoms with Gasteiger partial charge in [0, 0.05) is 36.8 Å². The Morgan fingerprint density at radius 3 is 2.71 bits per heavy atom. The molecule has 1 aliphatic rings. The third-order valence-electron chi connectivity index (χ3n) is 4.29. The van der Waals surface area contributed by atoms with Gasteiger partial charge in [0.1, 0.15) is 5.65 Å². The summed E-state index contributed by atoms with van der Waals surface area (Å²) in [5, 5.41) is 12.8. The van der Waals surface area contributed by atoms with E-state index < -0.39 is 0 Å². The molecule has 0 saturated heterocycles. The molecule has 7 heteroatoms. The molecule has 2 heterocycles. The van der Waals surface area contributed by atoms with Crippen LogP contribution in [0.4, 0.5) is 5.95 Å². The number of hydrogen-bond donors (Lipinski definition) is 3. The Bertz CT molecular complexity index is 695.